The lowest BCUT2D eigenvalue weighted by Crippen LogP contribution is -2.52. The highest BCUT2D eigenvalue weighted by atomic mass is 16.5. The predicted octanol–water partition coefficient (Wildman–Crippen LogP) is 1.20. The first-order chi connectivity index (χ1) is 11.0. The van der Waals surface area contributed by atoms with Crippen LogP contribution in [0.2, 0.25) is 0 Å². The maximum Gasteiger partial charge on any atom is 0.328 e. The Kier molecular flexibility index (Phi) is 3.85. The monoisotopic (exact) mass is 315 g/mol. The number of methoxy groups -OCH3 is 1. The number of hydrogen-bond donors (Lipinski definition) is 2. The van der Waals surface area contributed by atoms with Crippen molar-refractivity contribution < 1.29 is 14.3 Å². The van der Waals surface area contributed by atoms with E-state index in [1.54, 1.807) is 6.92 Å². The zero-order valence-electron chi connectivity index (χ0n) is 13.3. The number of fused-ring (bicyclic) bond motifs is 1. The topological polar surface area (TPSA) is 88.4 Å². The Labute approximate surface area is 134 Å². The molecule has 0 radical (unpaired) electrons. The lowest BCUT2D eigenvalue weighted by Gasteiger charge is -2.26. The Morgan fingerprint density at radius 2 is 2.22 bits per heavy atom. The molecule has 1 saturated heterocycles. The smallest absolute Gasteiger partial charge is 0.328 e. The second-order valence-electron chi connectivity index (χ2n) is 6.14. The summed E-state index contributed by atoms with van der Waals surface area (Å²) in [4.78, 5) is 29.1. The van der Waals surface area contributed by atoms with Crippen LogP contribution in [0.5, 0.6) is 0 Å². The minimum atomic E-state index is -0.979. The molecule has 1 aliphatic heterocycles. The van der Waals surface area contributed by atoms with Gasteiger partial charge in [0.1, 0.15) is 11.6 Å². The minimum absolute atomic E-state index is 0.194. The number of nitrogens with two attached hydrogens (primary N) is 1. The maximum atomic E-state index is 12.7. The van der Waals surface area contributed by atoms with Gasteiger partial charge >= 0.3 is 5.97 Å². The van der Waals surface area contributed by atoms with E-state index in [1.807, 2.05) is 30.5 Å². The first-order valence-corrected chi connectivity index (χ1v) is 7.69. The summed E-state index contributed by atoms with van der Waals surface area (Å²) >= 11 is 0. The number of aromatic amines is 1. The molecule has 0 unspecified atom stereocenters. The van der Waals surface area contributed by atoms with Crippen LogP contribution in [0, 0.1) is 0 Å². The van der Waals surface area contributed by atoms with Crippen LogP contribution in [0.15, 0.2) is 30.5 Å². The van der Waals surface area contributed by atoms with E-state index in [0.29, 0.717) is 19.4 Å². The summed E-state index contributed by atoms with van der Waals surface area (Å²) in [6.07, 6.45) is 2.87. The molecule has 2 heterocycles. The molecule has 1 aromatic carbocycles. The molecule has 3 rings (SSSR count). The number of aromatic nitrogens is 1. The number of rotatable bonds is 4. The van der Waals surface area contributed by atoms with Crippen molar-refractivity contribution in [2.45, 2.75) is 31.3 Å². The molecule has 23 heavy (non-hydrogen) atoms. The van der Waals surface area contributed by atoms with Crippen LogP contribution in [0.25, 0.3) is 10.9 Å². The van der Waals surface area contributed by atoms with Crippen LogP contribution in [0.1, 0.15) is 18.9 Å². The SMILES string of the molecule is COC(=O)[C@H](C)N1CC[C@@](N)(Cc2c[nH]c3ccccc23)C1=O. The van der Waals surface area contributed by atoms with Crippen molar-refractivity contribution in [2.75, 3.05) is 13.7 Å². The summed E-state index contributed by atoms with van der Waals surface area (Å²) in [7, 11) is 1.32. The molecule has 1 fully saturated rings. The van der Waals surface area contributed by atoms with E-state index in [1.165, 1.54) is 12.0 Å². The molecule has 2 aromatic rings. The zero-order valence-corrected chi connectivity index (χ0v) is 13.3. The Hall–Kier alpha value is -2.34. The molecule has 1 aromatic heterocycles. The normalized spacial score (nSPS) is 22.6. The molecule has 0 aliphatic carbocycles. The van der Waals surface area contributed by atoms with Crippen molar-refractivity contribution in [3.8, 4) is 0 Å². The molecule has 0 saturated carbocycles. The second kappa shape index (κ2) is 5.70. The third kappa shape index (κ3) is 2.59. The van der Waals surface area contributed by atoms with Crippen LogP contribution < -0.4 is 5.73 Å². The number of likely N-dealkylation sites (tertiary alicyclic amines) is 1. The van der Waals surface area contributed by atoms with Crippen molar-refractivity contribution in [3.63, 3.8) is 0 Å². The highest BCUT2D eigenvalue weighted by molar-refractivity contribution is 5.93. The van der Waals surface area contributed by atoms with Gasteiger partial charge in [-0.25, -0.2) is 4.79 Å². The summed E-state index contributed by atoms with van der Waals surface area (Å²) in [6.45, 7) is 2.13. The Morgan fingerprint density at radius 3 is 2.96 bits per heavy atom. The largest absolute Gasteiger partial charge is 0.467 e. The number of hydrogen-bond acceptors (Lipinski definition) is 4. The molecular formula is C17H21N3O3. The maximum absolute atomic E-state index is 12.7. The summed E-state index contributed by atoms with van der Waals surface area (Å²) in [5.41, 5.74) is 7.46. The number of amides is 1. The molecular weight excluding hydrogens is 294 g/mol. The number of ether oxygens (including phenoxy) is 1. The molecule has 0 spiro atoms. The third-order valence-corrected chi connectivity index (χ3v) is 4.68. The molecule has 6 heteroatoms. The van der Waals surface area contributed by atoms with Crippen LogP contribution in [-0.4, -0.2) is 47.0 Å². The second-order valence-corrected chi connectivity index (χ2v) is 6.14. The van der Waals surface area contributed by atoms with Crippen molar-refractivity contribution in [1.82, 2.24) is 9.88 Å². The summed E-state index contributed by atoms with van der Waals surface area (Å²) in [5.74, 6) is -0.615. The van der Waals surface area contributed by atoms with Gasteiger partial charge < -0.3 is 20.4 Å². The van der Waals surface area contributed by atoms with E-state index in [0.717, 1.165) is 16.5 Å². The molecule has 0 bridgehead atoms. The standard InChI is InChI=1S/C17H21N3O3/c1-11(15(21)23-2)20-8-7-17(18,16(20)22)9-12-10-19-14-6-4-3-5-13(12)14/h3-6,10-11,19H,7-9,18H2,1-2H3/t11-,17+/m0/s1. The third-order valence-electron chi connectivity index (χ3n) is 4.68. The number of nitrogens with one attached hydrogen (secondary N) is 1. The fourth-order valence-corrected chi connectivity index (χ4v) is 3.26. The van der Waals surface area contributed by atoms with Gasteiger partial charge in [-0.3, -0.25) is 4.79 Å². The van der Waals surface area contributed by atoms with Gasteiger partial charge in [-0.2, -0.15) is 0 Å². The van der Waals surface area contributed by atoms with Crippen molar-refractivity contribution >= 4 is 22.8 Å². The van der Waals surface area contributed by atoms with Gasteiger partial charge in [-0.1, -0.05) is 18.2 Å². The fourth-order valence-electron chi connectivity index (χ4n) is 3.26. The van der Waals surface area contributed by atoms with Gasteiger partial charge in [-0.15, -0.1) is 0 Å². The summed E-state index contributed by atoms with van der Waals surface area (Å²) in [5, 5.41) is 1.07. The highest BCUT2D eigenvalue weighted by Gasteiger charge is 2.46. The van der Waals surface area contributed by atoms with Crippen molar-refractivity contribution in [1.29, 1.82) is 0 Å². The van der Waals surface area contributed by atoms with Gasteiger partial charge in [0, 0.05) is 30.1 Å². The summed E-state index contributed by atoms with van der Waals surface area (Å²) < 4.78 is 4.73. The number of benzene rings is 1. The molecule has 122 valence electrons. The highest BCUT2D eigenvalue weighted by Crippen LogP contribution is 2.29. The number of para-hydroxylation sites is 1. The van der Waals surface area contributed by atoms with Gasteiger partial charge in [0.25, 0.3) is 0 Å². The van der Waals surface area contributed by atoms with Crippen LogP contribution in [0.3, 0.4) is 0 Å². The average Bonchev–Trinajstić information content (AvgIpc) is 3.09. The van der Waals surface area contributed by atoms with E-state index in [2.05, 4.69) is 4.98 Å². The van der Waals surface area contributed by atoms with Crippen LogP contribution in [-0.2, 0) is 20.7 Å². The van der Waals surface area contributed by atoms with E-state index in [-0.39, 0.29) is 5.91 Å². The molecule has 3 N–H and O–H groups in total. The van der Waals surface area contributed by atoms with Crippen molar-refractivity contribution in [2.24, 2.45) is 5.73 Å². The van der Waals surface area contributed by atoms with E-state index in [4.69, 9.17) is 10.5 Å². The van der Waals surface area contributed by atoms with Crippen LogP contribution >= 0.6 is 0 Å². The Balaban J connectivity index is 1.83. The predicted molar refractivity (Wildman–Crippen MR) is 86.7 cm³/mol. The Morgan fingerprint density at radius 1 is 1.48 bits per heavy atom. The molecule has 2 atom stereocenters. The molecule has 1 amide bonds. The van der Waals surface area contributed by atoms with Gasteiger partial charge in [0.15, 0.2) is 0 Å². The van der Waals surface area contributed by atoms with Crippen molar-refractivity contribution in [3.05, 3.63) is 36.0 Å². The lowest BCUT2D eigenvalue weighted by atomic mass is 9.90. The number of esters is 1. The number of nitrogens with zero attached hydrogens (tertiary/aromatic N) is 1. The number of carbonyl (C=O) groups is 2. The molecule has 6 nitrogen and oxygen atoms in total. The first-order valence-electron chi connectivity index (χ1n) is 7.69. The van der Waals surface area contributed by atoms with Gasteiger partial charge in [0.05, 0.1) is 7.11 Å². The minimum Gasteiger partial charge on any atom is -0.467 e. The van der Waals surface area contributed by atoms with E-state index in [9.17, 15) is 9.59 Å². The number of H-pyrrole nitrogens is 1. The fraction of sp³-hybridized carbons (Fsp3) is 0.412. The quantitative estimate of drug-likeness (QED) is 0.830. The van der Waals surface area contributed by atoms with Gasteiger partial charge in [0.2, 0.25) is 5.91 Å². The first kappa shape index (κ1) is 15.6. The van der Waals surface area contributed by atoms with Crippen LogP contribution in [0.4, 0.5) is 0 Å². The summed E-state index contributed by atoms with van der Waals surface area (Å²) in [6, 6.07) is 7.32. The van der Waals surface area contributed by atoms with E-state index >= 15 is 0 Å². The number of carbonyl (C=O) groups excluding carboxylic acids is 2. The zero-order chi connectivity index (χ0) is 16.6. The van der Waals surface area contributed by atoms with Gasteiger partial charge in [-0.05, 0) is 25.0 Å². The average molecular weight is 315 g/mol. The van der Waals surface area contributed by atoms with E-state index < -0.39 is 17.6 Å². The Bertz CT molecular complexity index is 754. The molecule has 1 aliphatic rings. The lowest BCUT2D eigenvalue weighted by molar-refractivity contribution is -0.151.